The van der Waals surface area contributed by atoms with Crippen LogP contribution in [0.5, 0.6) is 0 Å². The second kappa shape index (κ2) is 9.63. The molecule has 0 unspecified atom stereocenters. The van der Waals surface area contributed by atoms with Gasteiger partial charge in [0.1, 0.15) is 5.69 Å². The highest BCUT2D eigenvalue weighted by Crippen LogP contribution is 2.32. The Balaban J connectivity index is 1.29. The zero-order chi connectivity index (χ0) is 26.2. The Kier molecular flexibility index (Phi) is 6.50. The maximum absolute atomic E-state index is 13.1. The predicted octanol–water partition coefficient (Wildman–Crippen LogP) is 4.80. The number of carbonyl (C=O) groups excluding carboxylic acids is 1. The van der Waals surface area contributed by atoms with Gasteiger partial charge in [0, 0.05) is 41.7 Å². The van der Waals surface area contributed by atoms with Crippen LogP contribution >= 0.6 is 11.3 Å². The minimum Gasteiger partial charge on any atom is -0.355 e. The summed E-state index contributed by atoms with van der Waals surface area (Å²) in [5, 5.41) is 2.89. The van der Waals surface area contributed by atoms with Gasteiger partial charge in [-0.05, 0) is 47.9 Å². The molecule has 0 saturated heterocycles. The molecule has 0 atom stereocenters. The van der Waals surface area contributed by atoms with Gasteiger partial charge in [-0.15, -0.1) is 11.3 Å². The predicted molar refractivity (Wildman–Crippen MR) is 131 cm³/mol. The third-order valence-corrected chi connectivity index (χ3v) is 8.38. The van der Waals surface area contributed by atoms with E-state index < -0.39 is 27.5 Å². The number of anilines is 2. The van der Waals surface area contributed by atoms with E-state index in [9.17, 15) is 26.4 Å². The summed E-state index contributed by atoms with van der Waals surface area (Å²) in [5.41, 5.74) is 3.93. The maximum Gasteiger partial charge on any atom is 0.416 e. The van der Waals surface area contributed by atoms with Crippen LogP contribution < -0.4 is 5.32 Å². The number of carbonyl (C=O) groups is 1. The molecule has 4 aromatic rings. The standard InChI is InChI=1S/C24H20F3N5O3S2/c25-24(26,27)16-4-6-17(7-5-16)30-20-3-1-2-15-12-32(9-8-19(15)20)22(33)21-11-29-23(31-21)37(34,35)13-18-10-28-14-36-18/h1-7,10-11,14,30H,8-9,12-13H2,(H,29,31). The molecule has 37 heavy (non-hydrogen) atoms. The van der Waals surface area contributed by atoms with Gasteiger partial charge >= 0.3 is 6.18 Å². The summed E-state index contributed by atoms with van der Waals surface area (Å²) in [6, 6.07) is 10.3. The fraction of sp³-hybridized carbons (Fsp3) is 0.208. The number of nitrogens with zero attached hydrogens (tertiary/aromatic N) is 3. The quantitative estimate of drug-likeness (QED) is 0.359. The van der Waals surface area contributed by atoms with Gasteiger partial charge < -0.3 is 15.2 Å². The van der Waals surface area contributed by atoms with Crippen molar-refractivity contribution in [2.24, 2.45) is 0 Å². The molecule has 3 heterocycles. The van der Waals surface area contributed by atoms with E-state index in [0.29, 0.717) is 23.5 Å². The molecule has 0 spiro atoms. The molecule has 8 nitrogen and oxygen atoms in total. The zero-order valence-corrected chi connectivity index (χ0v) is 20.8. The number of thiazole rings is 1. The monoisotopic (exact) mass is 547 g/mol. The van der Waals surface area contributed by atoms with E-state index in [4.69, 9.17) is 0 Å². The summed E-state index contributed by atoms with van der Waals surface area (Å²) >= 11 is 1.22. The van der Waals surface area contributed by atoms with Crippen LogP contribution in [0.4, 0.5) is 24.5 Å². The van der Waals surface area contributed by atoms with Crippen molar-refractivity contribution in [2.45, 2.75) is 30.1 Å². The SMILES string of the molecule is O=C(c1c[nH]c(S(=O)(=O)Cc2cncs2)n1)N1CCc2c(cccc2Nc2ccc(C(F)(F)F)cc2)C1. The second-order valence-electron chi connectivity index (χ2n) is 8.44. The minimum atomic E-state index is -4.40. The average Bonchev–Trinajstić information content (AvgIpc) is 3.56. The molecule has 2 aromatic carbocycles. The van der Waals surface area contributed by atoms with Crippen molar-refractivity contribution in [3.63, 3.8) is 0 Å². The Morgan fingerprint density at radius 2 is 1.95 bits per heavy atom. The van der Waals surface area contributed by atoms with E-state index >= 15 is 0 Å². The highest BCUT2D eigenvalue weighted by Gasteiger charge is 2.30. The van der Waals surface area contributed by atoms with E-state index in [1.807, 2.05) is 12.1 Å². The van der Waals surface area contributed by atoms with E-state index in [-0.39, 0.29) is 23.1 Å². The first-order valence-corrected chi connectivity index (χ1v) is 13.6. The normalized spacial score (nSPS) is 13.9. The molecule has 0 saturated carbocycles. The first-order chi connectivity index (χ1) is 17.6. The lowest BCUT2D eigenvalue weighted by Gasteiger charge is -2.30. The third kappa shape index (κ3) is 5.37. The average molecular weight is 548 g/mol. The number of H-pyrrole nitrogens is 1. The third-order valence-electron chi connectivity index (χ3n) is 5.93. The van der Waals surface area contributed by atoms with Gasteiger partial charge in [-0.25, -0.2) is 13.4 Å². The lowest BCUT2D eigenvalue weighted by atomic mass is 9.97. The number of hydrogen-bond donors (Lipinski definition) is 2. The largest absolute Gasteiger partial charge is 0.416 e. The number of nitrogens with one attached hydrogen (secondary N) is 2. The second-order valence-corrected chi connectivity index (χ2v) is 11.3. The van der Waals surface area contributed by atoms with E-state index in [0.717, 1.165) is 28.9 Å². The molecule has 0 aliphatic carbocycles. The summed E-state index contributed by atoms with van der Waals surface area (Å²) in [4.78, 5) is 25.8. The molecule has 2 aromatic heterocycles. The molecule has 2 N–H and O–H groups in total. The molecule has 0 radical (unpaired) electrons. The number of aromatic amines is 1. The van der Waals surface area contributed by atoms with Gasteiger partial charge in [0.25, 0.3) is 5.91 Å². The first kappa shape index (κ1) is 25.0. The molecule has 5 rings (SSSR count). The summed E-state index contributed by atoms with van der Waals surface area (Å²) in [6.07, 6.45) is -1.13. The molecule has 13 heteroatoms. The fourth-order valence-electron chi connectivity index (χ4n) is 4.10. The Bertz CT molecular complexity index is 1530. The van der Waals surface area contributed by atoms with Gasteiger partial charge in [-0.1, -0.05) is 12.1 Å². The molecular formula is C24H20F3N5O3S2. The Labute approximate surface area is 214 Å². The number of sulfone groups is 1. The number of fused-ring (bicyclic) bond motifs is 1. The van der Waals surface area contributed by atoms with Crippen molar-refractivity contribution in [3.8, 4) is 0 Å². The highest BCUT2D eigenvalue weighted by molar-refractivity contribution is 7.90. The Morgan fingerprint density at radius 3 is 2.65 bits per heavy atom. The lowest BCUT2D eigenvalue weighted by molar-refractivity contribution is -0.137. The summed E-state index contributed by atoms with van der Waals surface area (Å²) < 4.78 is 63.8. The van der Waals surface area contributed by atoms with Crippen molar-refractivity contribution < 1.29 is 26.4 Å². The smallest absolute Gasteiger partial charge is 0.355 e. The van der Waals surface area contributed by atoms with Crippen LogP contribution in [0.1, 0.15) is 32.1 Å². The van der Waals surface area contributed by atoms with Crippen molar-refractivity contribution in [1.82, 2.24) is 19.9 Å². The van der Waals surface area contributed by atoms with Crippen LogP contribution in [-0.4, -0.2) is 40.7 Å². The van der Waals surface area contributed by atoms with Crippen LogP contribution in [0.15, 0.2) is 65.5 Å². The van der Waals surface area contributed by atoms with E-state index in [1.54, 1.807) is 16.5 Å². The highest BCUT2D eigenvalue weighted by atomic mass is 32.2. The molecule has 0 fully saturated rings. The Morgan fingerprint density at radius 1 is 1.16 bits per heavy atom. The number of alkyl halides is 3. The van der Waals surface area contributed by atoms with E-state index in [1.165, 1.54) is 35.9 Å². The number of imidazole rings is 1. The van der Waals surface area contributed by atoms with Crippen LogP contribution in [0.2, 0.25) is 0 Å². The topological polar surface area (TPSA) is 108 Å². The summed E-state index contributed by atoms with van der Waals surface area (Å²) in [6.45, 7) is 0.653. The van der Waals surface area contributed by atoms with Crippen molar-refractivity contribution in [3.05, 3.63) is 87.6 Å². The van der Waals surface area contributed by atoms with Gasteiger partial charge in [-0.2, -0.15) is 13.2 Å². The van der Waals surface area contributed by atoms with Crippen LogP contribution in [-0.2, 0) is 34.7 Å². The summed E-state index contributed by atoms with van der Waals surface area (Å²) in [5.74, 6) is -0.660. The fourth-order valence-corrected chi connectivity index (χ4v) is 6.28. The van der Waals surface area contributed by atoms with Crippen LogP contribution in [0, 0.1) is 0 Å². The van der Waals surface area contributed by atoms with Crippen LogP contribution in [0.25, 0.3) is 0 Å². The molecule has 1 amide bonds. The maximum atomic E-state index is 13.1. The number of halogens is 3. The molecule has 192 valence electrons. The number of benzene rings is 2. The summed E-state index contributed by atoms with van der Waals surface area (Å²) in [7, 11) is -3.76. The first-order valence-electron chi connectivity index (χ1n) is 11.1. The molecule has 1 aliphatic heterocycles. The van der Waals surface area contributed by atoms with Gasteiger partial charge in [-0.3, -0.25) is 9.78 Å². The number of amides is 1. The van der Waals surface area contributed by atoms with Gasteiger partial charge in [0.2, 0.25) is 15.0 Å². The zero-order valence-electron chi connectivity index (χ0n) is 19.1. The van der Waals surface area contributed by atoms with Gasteiger partial charge in [0.15, 0.2) is 0 Å². The van der Waals surface area contributed by atoms with Crippen molar-refractivity contribution >= 4 is 38.5 Å². The number of hydrogen-bond acceptors (Lipinski definition) is 7. The van der Waals surface area contributed by atoms with Crippen LogP contribution in [0.3, 0.4) is 0 Å². The number of rotatable bonds is 6. The molecular weight excluding hydrogens is 527 g/mol. The lowest BCUT2D eigenvalue weighted by Crippen LogP contribution is -2.36. The van der Waals surface area contributed by atoms with Crippen molar-refractivity contribution in [2.75, 3.05) is 11.9 Å². The van der Waals surface area contributed by atoms with Gasteiger partial charge in [0.05, 0.1) is 16.8 Å². The molecule has 1 aliphatic rings. The van der Waals surface area contributed by atoms with E-state index in [2.05, 4.69) is 20.3 Å². The minimum absolute atomic E-state index is 0.00497. The number of aromatic nitrogens is 3. The Hall–Kier alpha value is -3.71. The molecule has 0 bridgehead atoms. The van der Waals surface area contributed by atoms with Crippen molar-refractivity contribution in [1.29, 1.82) is 0 Å².